The second kappa shape index (κ2) is 9.49. The summed E-state index contributed by atoms with van der Waals surface area (Å²) in [5.41, 5.74) is 9.13. The Morgan fingerprint density at radius 2 is 1.50 bits per heavy atom. The van der Waals surface area contributed by atoms with Crippen molar-refractivity contribution in [1.82, 2.24) is 5.32 Å². The van der Waals surface area contributed by atoms with Gasteiger partial charge in [-0.1, -0.05) is 24.3 Å². The fourth-order valence-electron chi connectivity index (χ4n) is 2.68. The average molecular weight is 426 g/mol. The summed E-state index contributed by atoms with van der Waals surface area (Å²) >= 11 is 0. The molecule has 0 saturated heterocycles. The SMILES string of the molecule is N=C(NC(=O)CC(N)Cc1ccc(F)cc1)C(=C(N)C(F)(F)F)c1ccc(F)cc1. The molecule has 160 valence electrons. The third kappa shape index (κ3) is 6.38. The van der Waals surface area contributed by atoms with Crippen LogP contribution >= 0.6 is 0 Å². The van der Waals surface area contributed by atoms with Gasteiger partial charge in [0.05, 0.1) is 5.57 Å². The van der Waals surface area contributed by atoms with E-state index in [1.165, 1.54) is 24.3 Å². The summed E-state index contributed by atoms with van der Waals surface area (Å²) in [6, 6.07) is 8.59. The van der Waals surface area contributed by atoms with Crippen LogP contribution in [0.5, 0.6) is 0 Å². The molecule has 0 heterocycles. The second-order valence-corrected chi connectivity index (χ2v) is 6.51. The number of benzene rings is 2. The van der Waals surface area contributed by atoms with Gasteiger partial charge in [0.15, 0.2) is 0 Å². The number of hydrogen-bond donors (Lipinski definition) is 4. The monoisotopic (exact) mass is 426 g/mol. The van der Waals surface area contributed by atoms with Crippen molar-refractivity contribution in [2.24, 2.45) is 11.5 Å². The maximum Gasteiger partial charge on any atom is 0.431 e. The van der Waals surface area contributed by atoms with Crippen LogP contribution in [0.2, 0.25) is 0 Å². The molecule has 0 bridgehead atoms. The molecule has 0 saturated carbocycles. The van der Waals surface area contributed by atoms with Gasteiger partial charge < -0.3 is 16.8 Å². The van der Waals surface area contributed by atoms with Crippen molar-refractivity contribution < 1.29 is 26.7 Å². The highest BCUT2D eigenvalue weighted by Gasteiger charge is 2.36. The van der Waals surface area contributed by atoms with Crippen molar-refractivity contribution in [3.63, 3.8) is 0 Å². The van der Waals surface area contributed by atoms with Gasteiger partial charge in [-0.25, -0.2) is 8.78 Å². The Balaban J connectivity index is 2.13. The number of carbonyl (C=O) groups excluding carboxylic acids is 1. The van der Waals surface area contributed by atoms with Gasteiger partial charge in [0.25, 0.3) is 0 Å². The van der Waals surface area contributed by atoms with Gasteiger partial charge in [0, 0.05) is 12.5 Å². The number of amides is 1. The van der Waals surface area contributed by atoms with Gasteiger partial charge in [0.1, 0.15) is 23.2 Å². The summed E-state index contributed by atoms with van der Waals surface area (Å²) in [5, 5.41) is 9.97. The fraction of sp³-hybridized carbons (Fsp3) is 0.200. The van der Waals surface area contributed by atoms with E-state index in [0.717, 1.165) is 24.3 Å². The molecular weight excluding hydrogens is 407 g/mol. The molecule has 30 heavy (non-hydrogen) atoms. The lowest BCUT2D eigenvalue weighted by molar-refractivity contribution is -0.120. The first-order valence-corrected chi connectivity index (χ1v) is 8.69. The molecule has 0 aliphatic carbocycles. The molecule has 0 radical (unpaired) electrons. The van der Waals surface area contributed by atoms with E-state index in [1.54, 1.807) is 0 Å². The molecule has 0 aliphatic heterocycles. The molecular formula is C20H19F5N4O. The molecule has 0 spiro atoms. The number of allylic oxidation sites excluding steroid dienone is 1. The number of halogens is 5. The predicted molar refractivity (Wildman–Crippen MR) is 102 cm³/mol. The lowest BCUT2D eigenvalue weighted by Gasteiger charge is -2.17. The van der Waals surface area contributed by atoms with Crippen molar-refractivity contribution in [2.45, 2.75) is 25.1 Å². The topological polar surface area (TPSA) is 105 Å². The number of carbonyl (C=O) groups is 1. The van der Waals surface area contributed by atoms with Gasteiger partial charge in [-0.15, -0.1) is 0 Å². The molecule has 2 aromatic carbocycles. The highest BCUT2D eigenvalue weighted by Crippen LogP contribution is 2.29. The first kappa shape index (κ1) is 23.0. The van der Waals surface area contributed by atoms with E-state index in [9.17, 15) is 26.7 Å². The summed E-state index contributed by atoms with van der Waals surface area (Å²) < 4.78 is 65.4. The van der Waals surface area contributed by atoms with E-state index in [4.69, 9.17) is 16.9 Å². The van der Waals surface area contributed by atoms with Gasteiger partial charge >= 0.3 is 6.18 Å². The lowest BCUT2D eigenvalue weighted by Crippen LogP contribution is -2.38. The summed E-state index contributed by atoms with van der Waals surface area (Å²) in [4.78, 5) is 12.2. The zero-order valence-corrected chi connectivity index (χ0v) is 15.6. The van der Waals surface area contributed by atoms with Crippen LogP contribution < -0.4 is 16.8 Å². The van der Waals surface area contributed by atoms with E-state index in [0.29, 0.717) is 5.56 Å². The van der Waals surface area contributed by atoms with Crippen LogP contribution in [0.4, 0.5) is 22.0 Å². The first-order valence-electron chi connectivity index (χ1n) is 8.69. The molecule has 6 N–H and O–H groups in total. The Morgan fingerprint density at radius 3 is 2.00 bits per heavy atom. The Kier molecular flexibility index (Phi) is 7.28. The van der Waals surface area contributed by atoms with Crippen molar-refractivity contribution in [1.29, 1.82) is 5.41 Å². The Labute approximate surface area is 169 Å². The number of rotatable bonds is 6. The van der Waals surface area contributed by atoms with E-state index in [2.05, 4.69) is 0 Å². The average Bonchev–Trinajstić information content (AvgIpc) is 2.64. The third-order valence-electron chi connectivity index (χ3n) is 4.08. The first-order chi connectivity index (χ1) is 14.0. The predicted octanol–water partition coefficient (Wildman–Crippen LogP) is 3.25. The van der Waals surface area contributed by atoms with E-state index in [-0.39, 0.29) is 18.4 Å². The van der Waals surface area contributed by atoms with Gasteiger partial charge in [0.2, 0.25) is 5.91 Å². The van der Waals surface area contributed by atoms with Crippen LogP contribution in [0, 0.1) is 17.0 Å². The van der Waals surface area contributed by atoms with Crippen molar-refractivity contribution >= 4 is 17.3 Å². The molecule has 2 rings (SSSR count). The normalized spacial score (nSPS) is 13.4. The molecule has 0 aromatic heterocycles. The fourth-order valence-corrected chi connectivity index (χ4v) is 2.68. The smallest absolute Gasteiger partial charge is 0.394 e. The minimum absolute atomic E-state index is 0.188. The van der Waals surface area contributed by atoms with E-state index in [1.807, 2.05) is 5.32 Å². The minimum atomic E-state index is -4.97. The van der Waals surface area contributed by atoms with Crippen LogP contribution in [0.15, 0.2) is 54.2 Å². The van der Waals surface area contributed by atoms with Crippen LogP contribution in [-0.4, -0.2) is 24.0 Å². The molecule has 1 amide bonds. The molecule has 1 unspecified atom stereocenters. The number of amidine groups is 1. The van der Waals surface area contributed by atoms with Crippen LogP contribution in [0.3, 0.4) is 0 Å². The van der Waals surface area contributed by atoms with E-state index >= 15 is 0 Å². The Bertz CT molecular complexity index is 937. The summed E-state index contributed by atoms with van der Waals surface area (Å²) in [7, 11) is 0. The van der Waals surface area contributed by atoms with E-state index < -0.39 is 46.9 Å². The van der Waals surface area contributed by atoms with Crippen molar-refractivity contribution in [3.05, 3.63) is 77.0 Å². The highest BCUT2D eigenvalue weighted by molar-refractivity contribution is 6.26. The zero-order chi connectivity index (χ0) is 22.5. The Morgan fingerprint density at radius 1 is 1.00 bits per heavy atom. The largest absolute Gasteiger partial charge is 0.431 e. The van der Waals surface area contributed by atoms with Gasteiger partial charge in [-0.05, 0) is 41.8 Å². The van der Waals surface area contributed by atoms with Gasteiger partial charge in [-0.3, -0.25) is 10.2 Å². The Hall–Kier alpha value is -3.27. The maximum atomic E-state index is 13.1. The number of nitrogens with one attached hydrogen (secondary N) is 2. The number of nitrogens with two attached hydrogens (primary N) is 2. The van der Waals surface area contributed by atoms with Crippen LogP contribution in [0.1, 0.15) is 17.5 Å². The minimum Gasteiger partial charge on any atom is -0.394 e. The quantitative estimate of drug-likeness (QED) is 0.324. The molecule has 2 aromatic rings. The molecule has 10 heteroatoms. The second-order valence-electron chi connectivity index (χ2n) is 6.51. The molecule has 0 fully saturated rings. The highest BCUT2D eigenvalue weighted by atomic mass is 19.4. The third-order valence-corrected chi connectivity index (χ3v) is 4.08. The maximum absolute atomic E-state index is 13.1. The molecule has 1 atom stereocenters. The van der Waals surface area contributed by atoms with Gasteiger partial charge in [-0.2, -0.15) is 13.2 Å². The van der Waals surface area contributed by atoms with Crippen LogP contribution in [0.25, 0.3) is 5.57 Å². The van der Waals surface area contributed by atoms with Crippen molar-refractivity contribution in [3.8, 4) is 0 Å². The molecule has 0 aliphatic rings. The zero-order valence-electron chi connectivity index (χ0n) is 15.6. The number of alkyl halides is 3. The lowest BCUT2D eigenvalue weighted by atomic mass is 10.0. The summed E-state index contributed by atoms with van der Waals surface area (Å²) in [6.45, 7) is 0. The summed E-state index contributed by atoms with van der Waals surface area (Å²) in [6.07, 6.45) is -5.06. The molecule has 5 nitrogen and oxygen atoms in total. The summed E-state index contributed by atoms with van der Waals surface area (Å²) in [5.74, 6) is -2.81. The standard InChI is InChI=1S/C20H19F5N4O/c21-13-5-1-11(2-6-13)9-15(26)10-16(30)29-19(28)17(18(27)20(23,24)25)12-3-7-14(22)8-4-12/h1-8,15H,9-10,26-27H2,(H2,28,29,30). The number of hydrogen-bond acceptors (Lipinski definition) is 4. The van der Waals surface area contributed by atoms with Crippen molar-refractivity contribution in [2.75, 3.05) is 0 Å². The van der Waals surface area contributed by atoms with Crippen LogP contribution in [-0.2, 0) is 11.2 Å².